The number of hydrogen-bond acceptors (Lipinski definition) is 4. The van der Waals surface area contributed by atoms with Gasteiger partial charge in [-0.15, -0.1) is 0 Å². The number of nitro groups is 1. The molecule has 27 heavy (non-hydrogen) atoms. The number of aromatic nitrogens is 1. The fourth-order valence-electron chi connectivity index (χ4n) is 2.51. The lowest BCUT2D eigenvalue weighted by atomic mass is 10.1. The number of aromatic amines is 1. The minimum Gasteiger partial charge on any atom is -0.366 e. The Hall–Kier alpha value is -3.09. The zero-order valence-corrected chi connectivity index (χ0v) is 15.4. The number of para-hydroxylation sites is 2. The molecule has 0 aliphatic carbocycles. The molecule has 6 nitrogen and oxygen atoms in total. The van der Waals surface area contributed by atoms with Gasteiger partial charge in [0.25, 0.3) is 5.69 Å². The molecule has 0 amide bonds. The molecule has 0 fully saturated rings. The predicted octanol–water partition coefficient (Wildman–Crippen LogP) is 6.01. The average Bonchev–Trinajstić information content (AvgIpc) is 2.94. The Bertz CT molecular complexity index is 1030. The molecule has 136 valence electrons. The van der Waals surface area contributed by atoms with E-state index >= 15 is 0 Å². The number of anilines is 1. The summed E-state index contributed by atoms with van der Waals surface area (Å²) in [6.07, 6.45) is 8.83. The molecule has 0 bridgehead atoms. The van der Waals surface area contributed by atoms with E-state index in [2.05, 4.69) is 15.5 Å². The maximum atomic E-state index is 10.9. The Labute approximate surface area is 165 Å². The van der Waals surface area contributed by atoms with E-state index < -0.39 is 4.92 Å². The van der Waals surface area contributed by atoms with E-state index in [1.807, 2.05) is 36.4 Å². The van der Waals surface area contributed by atoms with E-state index in [0.29, 0.717) is 16.1 Å². The second-order valence-corrected chi connectivity index (χ2v) is 6.26. The number of benzene rings is 2. The summed E-state index contributed by atoms with van der Waals surface area (Å²) in [5, 5.41) is 15.4. The van der Waals surface area contributed by atoms with Crippen LogP contribution in [0, 0.1) is 10.1 Å². The lowest BCUT2D eigenvalue weighted by Crippen LogP contribution is -1.92. The Morgan fingerprint density at radius 3 is 2.52 bits per heavy atom. The highest BCUT2D eigenvalue weighted by Gasteiger charge is 2.21. The van der Waals surface area contributed by atoms with Crippen LogP contribution in [0.25, 0.3) is 17.2 Å². The van der Waals surface area contributed by atoms with Crippen molar-refractivity contribution in [3.05, 3.63) is 86.7 Å². The average molecular weight is 401 g/mol. The van der Waals surface area contributed by atoms with Gasteiger partial charge in [-0.3, -0.25) is 15.5 Å². The zero-order valence-electron chi connectivity index (χ0n) is 13.9. The van der Waals surface area contributed by atoms with Crippen molar-refractivity contribution < 1.29 is 4.92 Å². The van der Waals surface area contributed by atoms with Gasteiger partial charge in [-0.05, 0) is 29.8 Å². The lowest BCUT2D eigenvalue weighted by Gasteiger charge is -2.02. The summed E-state index contributed by atoms with van der Waals surface area (Å²) in [5.41, 5.74) is 5.99. The molecule has 0 saturated heterocycles. The normalized spacial score (nSPS) is 11.6. The van der Waals surface area contributed by atoms with E-state index in [-0.39, 0.29) is 10.7 Å². The molecule has 0 saturated carbocycles. The second-order valence-electron chi connectivity index (χ2n) is 5.45. The summed E-state index contributed by atoms with van der Waals surface area (Å²) in [4.78, 5) is 13.2. The SMILES string of the molecule is C1=Cc2ccccc2NN=C1.O=[N+]([O-])c1c(Cl)cccc1-c1c[nH]cc1Cl. The van der Waals surface area contributed by atoms with Crippen LogP contribution in [0.3, 0.4) is 0 Å². The smallest absolute Gasteiger partial charge is 0.295 e. The number of H-pyrrole nitrogens is 1. The fourth-order valence-corrected chi connectivity index (χ4v) is 2.97. The summed E-state index contributed by atoms with van der Waals surface area (Å²) < 4.78 is 0. The van der Waals surface area contributed by atoms with Gasteiger partial charge in [0.15, 0.2) is 0 Å². The van der Waals surface area contributed by atoms with Crippen molar-refractivity contribution in [1.82, 2.24) is 4.98 Å². The summed E-state index contributed by atoms with van der Waals surface area (Å²) in [7, 11) is 0. The number of fused-ring (bicyclic) bond motifs is 1. The quantitative estimate of drug-likeness (QED) is 0.408. The van der Waals surface area contributed by atoms with Gasteiger partial charge in [-0.25, -0.2) is 0 Å². The minimum atomic E-state index is -0.513. The van der Waals surface area contributed by atoms with Gasteiger partial charge in [-0.1, -0.05) is 53.5 Å². The van der Waals surface area contributed by atoms with E-state index in [0.717, 1.165) is 5.69 Å². The van der Waals surface area contributed by atoms with Crippen LogP contribution in [-0.2, 0) is 0 Å². The minimum absolute atomic E-state index is 0.0970. The van der Waals surface area contributed by atoms with Gasteiger partial charge >= 0.3 is 0 Å². The van der Waals surface area contributed by atoms with Gasteiger partial charge in [0.2, 0.25) is 0 Å². The molecule has 0 spiro atoms. The highest BCUT2D eigenvalue weighted by Crippen LogP contribution is 2.38. The number of nitro benzene ring substituents is 1. The number of hydrazone groups is 1. The number of nitrogens with one attached hydrogen (secondary N) is 2. The third kappa shape index (κ3) is 4.36. The van der Waals surface area contributed by atoms with Crippen molar-refractivity contribution in [2.24, 2.45) is 5.10 Å². The largest absolute Gasteiger partial charge is 0.366 e. The van der Waals surface area contributed by atoms with Crippen molar-refractivity contribution in [3.8, 4) is 11.1 Å². The van der Waals surface area contributed by atoms with Crippen molar-refractivity contribution in [3.63, 3.8) is 0 Å². The molecule has 2 aromatic carbocycles. The van der Waals surface area contributed by atoms with Crippen LogP contribution in [0.2, 0.25) is 10.0 Å². The Morgan fingerprint density at radius 2 is 1.78 bits per heavy atom. The van der Waals surface area contributed by atoms with E-state index in [4.69, 9.17) is 23.2 Å². The van der Waals surface area contributed by atoms with Crippen LogP contribution in [0.4, 0.5) is 11.4 Å². The van der Waals surface area contributed by atoms with Gasteiger partial charge in [0.1, 0.15) is 5.02 Å². The molecule has 2 N–H and O–H groups in total. The molecule has 2 heterocycles. The van der Waals surface area contributed by atoms with Crippen molar-refractivity contribution in [2.45, 2.75) is 0 Å². The molecule has 4 rings (SSSR count). The monoisotopic (exact) mass is 400 g/mol. The van der Waals surface area contributed by atoms with Crippen LogP contribution in [0.1, 0.15) is 5.56 Å². The highest BCUT2D eigenvalue weighted by molar-refractivity contribution is 6.35. The molecule has 0 unspecified atom stereocenters. The molecule has 0 radical (unpaired) electrons. The summed E-state index contributed by atoms with van der Waals surface area (Å²) >= 11 is 11.7. The van der Waals surface area contributed by atoms with E-state index in [9.17, 15) is 10.1 Å². The zero-order chi connectivity index (χ0) is 19.2. The lowest BCUT2D eigenvalue weighted by molar-refractivity contribution is -0.384. The topological polar surface area (TPSA) is 83.3 Å². The van der Waals surface area contributed by atoms with Crippen molar-refractivity contribution in [2.75, 3.05) is 5.43 Å². The maximum Gasteiger partial charge on any atom is 0.295 e. The Morgan fingerprint density at radius 1 is 0.963 bits per heavy atom. The molecule has 1 aliphatic heterocycles. The second kappa shape index (κ2) is 8.53. The van der Waals surface area contributed by atoms with Gasteiger partial charge in [0, 0.05) is 24.2 Å². The van der Waals surface area contributed by atoms with E-state index in [1.54, 1.807) is 30.7 Å². The first-order valence-electron chi connectivity index (χ1n) is 7.88. The molecular weight excluding hydrogens is 387 g/mol. The van der Waals surface area contributed by atoms with Crippen LogP contribution in [0.5, 0.6) is 0 Å². The third-order valence-electron chi connectivity index (χ3n) is 3.74. The number of halogens is 2. The maximum absolute atomic E-state index is 10.9. The number of nitrogens with zero attached hydrogens (tertiary/aromatic N) is 2. The molecule has 1 aromatic heterocycles. The standard InChI is InChI=1S/C10H6Cl2N2O2.C9H8N2/c11-8-3-1-2-6(10(8)14(15)16)7-4-13-5-9(7)12;1-2-6-9-8(4-1)5-3-7-10-11-9/h1-5,13H;1-7,11H. The van der Waals surface area contributed by atoms with Gasteiger partial charge in [-0.2, -0.15) is 5.10 Å². The summed E-state index contributed by atoms with van der Waals surface area (Å²) in [5.74, 6) is 0. The van der Waals surface area contributed by atoms with Crippen LogP contribution in [-0.4, -0.2) is 16.1 Å². The number of allylic oxidation sites excluding steroid dienone is 1. The predicted molar refractivity (Wildman–Crippen MR) is 110 cm³/mol. The molecule has 0 atom stereocenters. The Kier molecular flexibility index (Phi) is 5.90. The summed E-state index contributed by atoms with van der Waals surface area (Å²) in [6.45, 7) is 0. The number of hydrogen-bond donors (Lipinski definition) is 2. The van der Waals surface area contributed by atoms with Crippen molar-refractivity contribution >= 4 is 46.9 Å². The first-order valence-corrected chi connectivity index (χ1v) is 8.64. The van der Waals surface area contributed by atoms with Crippen LogP contribution >= 0.6 is 23.2 Å². The van der Waals surface area contributed by atoms with Crippen LogP contribution in [0.15, 0.2) is 66.0 Å². The van der Waals surface area contributed by atoms with Gasteiger partial charge in [0.05, 0.1) is 21.2 Å². The van der Waals surface area contributed by atoms with Gasteiger partial charge < -0.3 is 4.98 Å². The van der Waals surface area contributed by atoms with E-state index in [1.165, 1.54) is 11.6 Å². The summed E-state index contributed by atoms with van der Waals surface area (Å²) in [6, 6.07) is 12.8. The van der Waals surface area contributed by atoms with Crippen LogP contribution < -0.4 is 5.43 Å². The molecule has 1 aliphatic rings. The third-order valence-corrected chi connectivity index (χ3v) is 4.35. The fraction of sp³-hybridized carbons (Fsp3) is 0. The number of rotatable bonds is 2. The molecule has 8 heteroatoms. The molecular formula is C19H14Cl2N4O2. The Balaban J connectivity index is 0.000000166. The highest BCUT2D eigenvalue weighted by atomic mass is 35.5. The first-order chi connectivity index (χ1) is 13.1. The van der Waals surface area contributed by atoms with Crippen molar-refractivity contribution in [1.29, 1.82) is 0 Å². The molecule has 3 aromatic rings. The first kappa shape index (κ1) is 18.7.